The molecule has 1 atom stereocenters. The number of aromatic nitrogens is 4. The van der Waals surface area contributed by atoms with Gasteiger partial charge in [0.25, 0.3) is 0 Å². The Labute approximate surface area is 600 Å². The zero-order chi connectivity index (χ0) is 68.2. The van der Waals surface area contributed by atoms with E-state index in [0.29, 0.717) is 0 Å². The second-order valence-electron chi connectivity index (χ2n) is 32.2. The van der Waals surface area contributed by atoms with E-state index in [2.05, 4.69) is 93.5 Å². The van der Waals surface area contributed by atoms with Crippen LogP contribution in [0.25, 0.3) is 44.3 Å². The average molecular weight is 1530 g/mol. The molecule has 3 aromatic carbocycles. The van der Waals surface area contributed by atoms with E-state index in [1.54, 1.807) is 29.4 Å². The zero-order valence-electron chi connectivity index (χ0n) is 64.9. The molecule has 0 amide bonds. The summed E-state index contributed by atoms with van der Waals surface area (Å²) in [5, 5.41) is 21.1. The van der Waals surface area contributed by atoms with Crippen molar-refractivity contribution in [3.8, 4) is 22.3 Å². The van der Waals surface area contributed by atoms with Crippen molar-refractivity contribution < 1.29 is 9.26 Å². The number of nitrogens with zero attached hydrogens (tertiary/aromatic N) is 4. The fraction of sp³-hybridized carbons (Fsp3) is 0.795. The van der Waals surface area contributed by atoms with Gasteiger partial charge in [-0.3, -0.25) is 0 Å². The molecule has 0 spiro atoms. The Bertz CT molecular complexity index is 2840. The van der Waals surface area contributed by atoms with Gasteiger partial charge in [-0.05, 0) is 0 Å². The molecule has 0 aliphatic heterocycles. The number of fused-ring (bicyclic) bond motifs is 10. The summed E-state index contributed by atoms with van der Waals surface area (Å²) in [7, 11) is 0. The van der Waals surface area contributed by atoms with Gasteiger partial charge in [-0.2, -0.15) is 0 Å². The van der Waals surface area contributed by atoms with Crippen LogP contribution in [0.2, 0.25) is 26.6 Å². The molecular formula is C88H150N4O2Sn2. The first-order valence-corrected chi connectivity index (χ1v) is 58.0. The molecule has 2 aliphatic rings. The molecule has 2 aliphatic carbocycles. The van der Waals surface area contributed by atoms with Crippen LogP contribution >= 0.6 is 0 Å². The first-order valence-electron chi connectivity index (χ1n) is 43.0. The van der Waals surface area contributed by atoms with Crippen molar-refractivity contribution in [2.24, 2.45) is 0 Å². The van der Waals surface area contributed by atoms with Crippen molar-refractivity contribution in [2.75, 3.05) is 0 Å². The third kappa shape index (κ3) is 21.6. The number of hydrogen-bond acceptors (Lipinski definition) is 6. The summed E-state index contributed by atoms with van der Waals surface area (Å²) in [6.07, 6.45) is 69.1. The van der Waals surface area contributed by atoms with E-state index in [0.717, 1.165) is 22.1 Å². The van der Waals surface area contributed by atoms with Crippen LogP contribution < -0.4 is 7.16 Å². The van der Waals surface area contributed by atoms with Crippen LogP contribution in [0.5, 0.6) is 0 Å². The topological polar surface area (TPSA) is 77.8 Å². The predicted octanol–water partition coefficient (Wildman–Crippen LogP) is 29.1. The van der Waals surface area contributed by atoms with E-state index < -0.39 is 36.8 Å². The van der Waals surface area contributed by atoms with E-state index in [-0.39, 0.29) is 10.8 Å². The summed E-state index contributed by atoms with van der Waals surface area (Å²) >= 11 is -6.39. The summed E-state index contributed by atoms with van der Waals surface area (Å²) in [6.45, 7) is 24.1. The number of unbranched alkanes of at least 4 members (excludes halogenated alkanes) is 38. The number of hydrogen-bond donors (Lipinski definition) is 0. The van der Waals surface area contributed by atoms with Crippen LogP contribution in [0.4, 0.5) is 0 Å². The number of rotatable bonds is 60. The van der Waals surface area contributed by atoms with Crippen LogP contribution in [-0.4, -0.2) is 57.4 Å². The molecule has 0 N–H and O–H groups in total. The van der Waals surface area contributed by atoms with Gasteiger partial charge < -0.3 is 0 Å². The second-order valence-corrected chi connectivity index (χ2v) is 58.5. The Morgan fingerprint density at radius 1 is 0.240 bits per heavy atom. The van der Waals surface area contributed by atoms with E-state index in [1.165, 1.54) is 383 Å². The Morgan fingerprint density at radius 2 is 0.448 bits per heavy atom. The fourth-order valence-corrected chi connectivity index (χ4v) is 51.9. The second kappa shape index (κ2) is 45.2. The zero-order valence-corrected chi connectivity index (χ0v) is 70.6. The van der Waals surface area contributed by atoms with Crippen molar-refractivity contribution in [1.82, 2.24) is 20.6 Å². The molecule has 2 aromatic heterocycles. The molecule has 6 nitrogen and oxygen atoms in total. The summed E-state index contributed by atoms with van der Waals surface area (Å²) in [4.78, 5) is 0. The van der Waals surface area contributed by atoms with Gasteiger partial charge in [-0.15, -0.1) is 0 Å². The molecule has 0 radical (unpaired) electrons. The Morgan fingerprint density at radius 3 is 0.677 bits per heavy atom. The number of benzene rings is 3. The molecule has 0 saturated heterocycles. The van der Waals surface area contributed by atoms with Crippen molar-refractivity contribution in [1.29, 1.82) is 0 Å². The molecule has 7 rings (SSSR count). The summed E-state index contributed by atoms with van der Waals surface area (Å²) < 4.78 is 24.5. The van der Waals surface area contributed by atoms with Crippen molar-refractivity contribution >= 4 is 66.0 Å². The van der Waals surface area contributed by atoms with Gasteiger partial charge in [0, 0.05) is 0 Å². The van der Waals surface area contributed by atoms with Gasteiger partial charge in [0.1, 0.15) is 0 Å². The molecule has 0 fully saturated rings. The maximum absolute atomic E-state index is 6.33. The van der Waals surface area contributed by atoms with Gasteiger partial charge in [0.2, 0.25) is 0 Å². The van der Waals surface area contributed by atoms with Gasteiger partial charge in [0.15, 0.2) is 0 Å². The third-order valence-electron chi connectivity index (χ3n) is 24.9. The normalized spacial score (nSPS) is 15.0. The van der Waals surface area contributed by atoms with E-state index in [4.69, 9.17) is 29.9 Å². The minimum atomic E-state index is -3.20. The molecule has 2 heterocycles. The predicted molar refractivity (Wildman–Crippen MR) is 426 cm³/mol. The Balaban J connectivity index is 1.52. The van der Waals surface area contributed by atoms with Gasteiger partial charge in [-0.1, -0.05) is 79.1 Å². The molecular weight excluding hydrogens is 1380 g/mol. The molecule has 542 valence electrons. The minimum absolute atomic E-state index is 0.129. The molecule has 8 heteroatoms. The molecule has 0 bridgehead atoms. The van der Waals surface area contributed by atoms with Gasteiger partial charge in [0.05, 0.1) is 0 Å². The SMILES string of the molecule is CCCCCCCCCCCCCCC1(CCCCCCCCCC)c2cc3c(cc2-c2c1c[c]([Sn]([CH2]CCC)([CH2]CCC)[CH2]CCC)c1nonc21)C(CCCCCCCCCC)(CCCCCCCCCC)c1c[c]([Sn]([CH2]CCC)([CH2]CCC)[CH2]CCC)c2nonc2c1-3. The summed E-state index contributed by atoms with van der Waals surface area (Å²) in [6, 6.07) is 11.7. The third-order valence-corrected chi connectivity index (χ3v) is 56.0. The quantitative estimate of drug-likeness (QED) is 0.0285. The van der Waals surface area contributed by atoms with Crippen LogP contribution in [0, 0.1) is 0 Å². The van der Waals surface area contributed by atoms with Crippen molar-refractivity contribution in [3.05, 3.63) is 46.5 Å². The Kier molecular flexibility index (Phi) is 38.3. The van der Waals surface area contributed by atoms with Crippen molar-refractivity contribution in [3.63, 3.8) is 0 Å². The van der Waals surface area contributed by atoms with Crippen LogP contribution in [0.15, 0.2) is 33.5 Å². The molecule has 1 unspecified atom stereocenters. The first kappa shape index (κ1) is 81.4. The summed E-state index contributed by atoms with van der Waals surface area (Å²) in [5.41, 5.74) is 16.6. The van der Waals surface area contributed by atoms with E-state index in [1.807, 2.05) is 0 Å². The maximum atomic E-state index is 6.33. The van der Waals surface area contributed by atoms with Crippen LogP contribution in [-0.2, 0) is 10.8 Å². The van der Waals surface area contributed by atoms with Gasteiger partial charge >= 0.3 is 526 Å². The molecule has 0 saturated carbocycles. The monoisotopic (exact) mass is 1530 g/mol. The van der Waals surface area contributed by atoms with E-state index in [9.17, 15) is 0 Å². The average Bonchev–Trinajstić information content (AvgIpc) is 1.51. The molecule has 5 aromatic rings. The van der Waals surface area contributed by atoms with Crippen LogP contribution in [0.3, 0.4) is 0 Å². The first-order chi connectivity index (χ1) is 47.2. The fourth-order valence-electron chi connectivity index (χ4n) is 19.0. The van der Waals surface area contributed by atoms with Crippen LogP contribution in [0.1, 0.15) is 425 Å². The molecule has 96 heavy (non-hydrogen) atoms. The summed E-state index contributed by atoms with van der Waals surface area (Å²) in [5.74, 6) is 0. The van der Waals surface area contributed by atoms with E-state index >= 15 is 0 Å². The van der Waals surface area contributed by atoms with Gasteiger partial charge in [-0.25, -0.2) is 0 Å². The Hall–Kier alpha value is -1.94. The van der Waals surface area contributed by atoms with Crippen molar-refractivity contribution in [2.45, 2.75) is 441 Å². The standard InChI is InChI=1S/C64H96N4O2.6C4H9.2Sn/c1-5-9-13-17-21-25-26-27-28-32-36-40-48-64(47-39-35-31-24-20-16-12-8-4)54-42-44-58-62(68-70-66-58)60(54)52-49-55-51(50-56(52)64)59-53(41-43-57-61(59)67-69-65-57)63(55,45-37-33-29-22-18-14-10-6-2)46-38-34-30-23-19-15-11-7-3;6*1-3-4-2;;/h41-42,49-50H,5-40,45-48H2,1-4H3;6*1,3-4H2,2H3;;.